The Morgan fingerprint density at radius 1 is 1.04 bits per heavy atom. The third-order valence-electron chi connectivity index (χ3n) is 4.50. The summed E-state index contributed by atoms with van der Waals surface area (Å²) in [5, 5.41) is 3.29. The first kappa shape index (κ1) is 17.3. The number of amides is 1. The predicted octanol–water partition coefficient (Wildman–Crippen LogP) is 4.60. The lowest BCUT2D eigenvalue weighted by Crippen LogP contribution is -2.43. The van der Waals surface area contributed by atoms with Gasteiger partial charge >= 0.3 is 0 Å². The van der Waals surface area contributed by atoms with Gasteiger partial charge in [0.05, 0.1) is 0 Å². The molecule has 132 valence electrons. The van der Waals surface area contributed by atoms with Crippen LogP contribution in [-0.2, 0) is 4.79 Å². The molecule has 2 aromatic carbocycles. The summed E-state index contributed by atoms with van der Waals surface area (Å²) in [6, 6.07) is 15.5. The number of anilines is 1. The highest BCUT2D eigenvalue weighted by Crippen LogP contribution is 2.24. The number of rotatable bonds is 5. The van der Waals surface area contributed by atoms with Crippen molar-refractivity contribution in [1.29, 1.82) is 0 Å². The minimum Gasteiger partial charge on any atom is -0.457 e. The molecule has 0 aromatic heterocycles. The summed E-state index contributed by atoms with van der Waals surface area (Å²) in [5.41, 5.74) is 2.09. The summed E-state index contributed by atoms with van der Waals surface area (Å²) >= 11 is 0. The number of aryl methyl sites for hydroxylation is 1. The van der Waals surface area contributed by atoms with Crippen molar-refractivity contribution in [2.24, 2.45) is 0 Å². The van der Waals surface area contributed by atoms with E-state index in [1.165, 1.54) is 12.0 Å². The van der Waals surface area contributed by atoms with E-state index in [1.54, 1.807) is 0 Å². The molecule has 0 spiro atoms. The number of hydrogen-bond acceptors (Lipinski definition) is 3. The zero-order valence-corrected chi connectivity index (χ0v) is 15.0. The predicted molar refractivity (Wildman–Crippen MR) is 101 cm³/mol. The molecule has 0 unspecified atom stereocenters. The van der Waals surface area contributed by atoms with Crippen molar-refractivity contribution >= 4 is 11.6 Å². The van der Waals surface area contributed by atoms with Gasteiger partial charge in [-0.05, 0) is 75.1 Å². The van der Waals surface area contributed by atoms with Gasteiger partial charge in [0, 0.05) is 18.8 Å². The molecule has 25 heavy (non-hydrogen) atoms. The maximum Gasteiger partial charge on any atom is 0.244 e. The van der Waals surface area contributed by atoms with E-state index < -0.39 is 0 Å². The Balaban J connectivity index is 1.57. The van der Waals surface area contributed by atoms with Crippen LogP contribution in [0.1, 0.15) is 31.7 Å². The van der Waals surface area contributed by atoms with Gasteiger partial charge in [-0.2, -0.15) is 0 Å². The normalized spacial score (nSPS) is 15.5. The molecule has 3 rings (SSSR count). The first-order valence-corrected chi connectivity index (χ1v) is 9.02. The van der Waals surface area contributed by atoms with Crippen molar-refractivity contribution in [2.45, 2.75) is 39.2 Å². The van der Waals surface area contributed by atoms with Crippen LogP contribution in [0.2, 0.25) is 0 Å². The summed E-state index contributed by atoms with van der Waals surface area (Å²) in [6.07, 6.45) is 3.46. The van der Waals surface area contributed by atoms with Crippen LogP contribution in [0, 0.1) is 6.92 Å². The second-order valence-corrected chi connectivity index (χ2v) is 6.69. The lowest BCUT2D eigenvalue weighted by molar-refractivity contribution is -0.132. The first-order chi connectivity index (χ1) is 12.1. The highest BCUT2D eigenvalue weighted by atomic mass is 16.5. The van der Waals surface area contributed by atoms with Crippen molar-refractivity contribution in [2.75, 3.05) is 18.4 Å². The van der Waals surface area contributed by atoms with Crippen molar-refractivity contribution in [3.8, 4) is 11.5 Å². The molecular weight excluding hydrogens is 312 g/mol. The van der Waals surface area contributed by atoms with Gasteiger partial charge in [-0.15, -0.1) is 0 Å². The zero-order chi connectivity index (χ0) is 17.6. The molecule has 1 heterocycles. The van der Waals surface area contributed by atoms with Crippen molar-refractivity contribution in [3.63, 3.8) is 0 Å². The first-order valence-electron chi connectivity index (χ1n) is 9.02. The van der Waals surface area contributed by atoms with Crippen LogP contribution in [0.5, 0.6) is 11.5 Å². The van der Waals surface area contributed by atoms with Gasteiger partial charge in [0.2, 0.25) is 5.91 Å². The Hall–Kier alpha value is -2.49. The van der Waals surface area contributed by atoms with Crippen molar-refractivity contribution in [3.05, 3.63) is 54.1 Å². The van der Waals surface area contributed by atoms with Crippen LogP contribution >= 0.6 is 0 Å². The van der Waals surface area contributed by atoms with E-state index in [0.717, 1.165) is 43.1 Å². The number of ether oxygens (including phenoxy) is 1. The van der Waals surface area contributed by atoms with Gasteiger partial charge < -0.3 is 15.0 Å². The fraction of sp³-hybridized carbons (Fsp3) is 0.381. The molecule has 1 aliphatic rings. The van der Waals surface area contributed by atoms with E-state index in [0.29, 0.717) is 0 Å². The lowest BCUT2D eigenvalue weighted by atomic mass is 10.1. The average Bonchev–Trinajstić information content (AvgIpc) is 2.63. The van der Waals surface area contributed by atoms with Crippen molar-refractivity contribution in [1.82, 2.24) is 4.90 Å². The number of likely N-dealkylation sites (tertiary alicyclic amines) is 1. The smallest absolute Gasteiger partial charge is 0.244 e. The molecule has 1 saturated heterocycles. The number of hydrogen-bond donors (Lipinski definition) is 1. The third-order valence-corrected chi connectivity index (χ3v) is 4.50. The van der Waals surface area contributed by atoms with Gasteiger partial charge in [0.1, 0.15) is 17.5 Å². The molecule has 1 N–H and O–H groups in total. The van der Waals surface area contributed by atoms with Gasteiger partial charge in [0.15, 0.2) is 0 Å². The van der Waals surface area contributed by atoms with E-state index in [1.807, 2.05) is 67.3 Å². The Bertz CT molecular complexity index is 706. The standard InChI is InChI=1S/C21H26N2O2/c1-16-7-6-8-20(15-16)25-19-11-9-18(10-12-19)22-17(2)21(24)23-13-4-3-5-14-23/h6-12,15,17,22H,3-5,13-14H2,1-2H3/t17-/m1/s1. The molecule has 2 aromatic rings. The van der Waals surface area contributed by atoms with Crippen LogP contribution in [0.15, 0.2) is 48.5 Å². The molecule has 4 heteroatoms. The van der Waals surface area contributed by atoms with Crippen LogP contribution in [0.4, 0.5) is 5.69 Å². The SMILES string of the molecule is Cc1cccc(Oc2ccc(N[C@H](C)C(=O)N3CCCCC3)cc2)c1. The maximum absolute atomic E-state index is 12.5. The maximum atomic E-state index is 12.5. The minimum absolute atomic E-state index is 0.180. The fourth-order valence-electron chi connectivity index (χ4n) is 3.13. The zero-order valence-electron chi connectivity index (χ0n) is 15.0. The van der Waals surface area contributed by atoms with Crippen molar-refractivity contribution < 1.29 is 9.53 Å². The van der Waals surface area contributed by atoms with Gasteiger partial charge in [0.25, 0.3) is 0 Å². The molecular formula is C21H26N2O2. The van der Waals surface area contributed by atoms with E-state index in [-0.39, 0.29) is 11.9 Å². The molecule has 0 radical (unpaired) electrons. The third kappa shape index (κ3) is 4.75. The topological polar surface area (TPSA) is 41.6 Å². The number of piperidine rings is 1. The Kier molecular flexibility index (Phi) is 5.59. The van der Waals surface area contributed by atoms with Crippen LogP contribution in [0.25, 0.3) is 0 Å². The summed E-state index contributed by atoms with van der Waals surface area (Å²) < 4.78 is 5.86. The van der Waals surface area contributed by atoms with E-state index >= 15 is 0 Å². The summed E-state index contributed by atoms with van der Waals surface area (Å²) in [4.78, 5) is 14.4. The minimum atomic E-state index is -0.221. The number of benzene rings is 2. The molecule has 0 saturated carbocycles. The number of carbonyl (C=O) groups excluding carboxylic acids is 1. The summed E-state index contributed by atoms with van der Waals surface area (Å²) in [5.74, 6) is 1.79. The Morgan fingerprint density at radius 3 is 2.44 bits per heavy atom. The number of nitrogens with one attached hydrogen (secondary N) is 1. The summed E-state index contributed by atoms with van der Waals surface area (Å²) in [6.45, 7) is 5.73. The second-order valence-electron chi connectivity index (χ2n) is 6.69. The molecule has 0 aliphatic carbocycles. The van der Waals surface area contributed by atoms with Crippen LogP contribution < -0.4 is 10.1 Å². The van der Waals surface area contributed by atoms with Crippen LogP contribution in [0.3, 0.4) is 0 Å². The second kappa shape index (κ2) is 8.06. The molecule has 1 atom stereocenters. The average molecular weight is 338 g/mol. The number of carbonyl (C=O) groups is 1. The van der Waals surface area contributed by atoms with E-state index in [2.05, 4.69) is 5.32 Å². The van der Waals surface area contributed by atoms with E-state index in [4.69, 9.17) is 4.74 Å². The quantitative estimate of drug-likeness (QED) is 0.866. The molecule has 4 nitrogen and oxygen atoms in total. The molecule has 0 bridgehead atoms. The molecule has 1 aliphatic heterocycles. The monoisotopic (exact) mass is 338 g/mol. The lowest BCUT2D eigenvalue weighted by Gasteiger charge is -2.29. The van der Waals surface area contributed by atoms with Gasteiger partial charge in [-0.3, -0.25) is 4.79 Å². The molecule has 1 amide bonds. The summed E-state index contributed by atoms with van der Waals surface area (Å²) in [7, 11) is 0. The van der Waals surface area contributed by atoms with Crippen LogP contribution in [-0.4, -0.2) is 29.9 Å². The Labute approximate surface area is 149 Å². The van der Waals surface area contributed by atoms with Gasteiger partial charge in [-0.1, -0.05) is 12.1 Å². The number of nitrogens with zero attached hydrogens (tertiary/aromatic N) is 1. The highest BCUT2D eigenvalue weighted by molar-refractivity contribution is 5.84. The molecule has 1 fully saturated rings. The highest BCUT2D eigenvalue weighted by Gasteiger charge is 2.21. The van der Waals surface area contributed by atoms with Gasteiger partial charge in [-0.25, -0.2) is 0 Å². The fourth-order valence-corrected chi connectivity index (χ4v) is 3.13. The van der Waals surface area contributed by atoms with E-state index in [9.17, 15) is 4.79 Å². The largest absolute Gasteiger partial charge is 0.457 e. The Morgan fingerprint density at radius 2 is 1.76 bits per heavy atom.